The lowest BCUT2D eigenvalue weighted by molar-refractivity contribution is 0.0696. The lowest BCUT2D eigenvalue weighted by atomic mass is 10.2. The maximum Gasteiger partial charge on any atom is 0.338 e. The van der Waals surface area contributed by atoms with Crippen molar-refractivity contribution in [3.63, 3.8) is 0 Å². The molecule has 0 aliphatic rings. The minimum Gasteiger partial charge on any atom is -0.478 e. The van der Waals surface area contributed by atoms with E-state index in [2.05, 4.69) is 16.0 Å². The van der Waals surface area contributed by atoms with Gasteiger partial charge in [-0.15, -0.1) is 11.3 Å². The Balaban J connectivity index is 1.97. The van der Waals surface area contributed by atoms with E-state index < -0.39 is 5.97 Å². The Morgan fingerprint density at radius 3 is 2.81 bits per heavy atom. The second-order valence-corrected chi connectivity index (χ2v) is 5.58. The van der Waals surface area contributed by atoms with E-state index in [1.54, 1.807) is 6.20 Å². The van der Waals surface area contributed by atoms with Gasteiger partial charge < -0.3 is 9.52 Å². The van der Waals surface area contributed by atoms with E-state index in [0.29, 0.717) is 11.5 Å². The molecular weight excluding hydrogens is 288 g/mol. The van der Waals surface area contributed by atoms with Crippen LogP contribution in [0.5, 0.6) is 0 Å². The molecule has 0 amide bonds. The zero-order chi connectivity index (χ0) is 15.0. The number of rotatable bonds is 3. The highest BCUT2D eigenvalue weighted by Crippen LogP contribution is 2.30. The molecule has 0 saturated heterocycles. The summed E-state index contributed by atoms with van der Waals surface area (Å²) < 4.78 is 5.25. The van der Waals surface area contributed by atoms with Crippen molar-refractivity contribution >= 4 is 17.3 Å². The first-order valence-electron chi connectivity index (χ1n) is 6.26. The number of thiazole rings is 1. The van der Waals surface area contributed by atoms with Crippen LogP contribution in [0, 0.1) is 13.8 Å². The van der Waals surface area contributed by atoms with Crippen LogP contribution in [0.2, 0.25) is 0 Å². The second-order valence-electron chi connectivity index (χ2n) is 4.72. The first-order chi connectivity index (χ1) is 10.0. The molecule has 3 heterocycles. The van der Waals surface area contributed by atoms with E-state index in [9.17, 15) is 4.79 Å². The molecule has 0 aromatic carbocycles. The number of furan rings is 1. The standard InChI is InChI=1S/C15H12N2O3S/c1-8-3-9(2)13(16-5-8)14-17-11(7-21-14)12-4-10(6-20-12)15(18)19/h3-7H,1-2H3,(H,18,19). The number of carbonyl (C=O) groups is 1. The van der Waals surface area contributed by atoms with Gasteiger partial charge in [0.15, 0.2) is 5.76 Å². The van der Waals surface area contributed by atoms with Crippen molar-refractivity contribution in [3.05, 3.63) is 46.7 Å². The van der Waals surface area contributed by atoms with Crippen LogP contribution in [0.15, 0.2) is 34.4 Å². The van der Waals surface area contributed by atoms with Gasteiger partial charge in [0.1, 0.15) is 22.7 Å². The van der Waals surface area contributed by atoms with E-state index >= 15 is 0 Å². The Kier molecular flexibility index (Phi) is 3.31. The fourth-order valence-electron chi connectivity index (χ4n) is 2.02. The predicted octanol–water partition coefficient (Wildman–Crippen LogP) is 3.78. The number of nitrogens with zero attached hydrogens (tertiary/aromatic N) is 2. The van der Waals surface area contributed by atoms with Crippen molar-refractivity contribution in [1.29, 1.82) is 0 Å². The zero-order valence-corrected chi connectivity index (χ0v) is 12.3. The summed E-state index contributed by atoms with van der Waals surface area (Å²) in [4.78, 5) is 19.8. The van der Waals surface area contributed by atoms with Crippen molar-refractivity contribution in [2.24, 2.45) is 0 Å². The van der Waals surface area contributed by atoms with Crippen LogP contribution >= 0.6 is 11.3 Å². The topological polar surface area (TPSA) is 76.2 Å². The lowest BCUT2D eigenvalue weighted by Gasteiger charge is -2.01. The Morgan fingerprint density at radius 1 is 1.33 bits per heavy atom. The third kappa shape index (κ3) is 2.57. The second kappa shape index (κ2) is 5.14. The number of aromatic nitrogens is 2. The maximum absolute atomic E-state index is 10.9. The molecule has 3 rings (SSSR count). The largest absolute Gasteiger partial charge is 0.478 e. The molecule has 6 heteroatoms. The third-order valence-electron chi connectivity index (χ3n) is 3.02. The average Bonchev–Trinajstić information content (AvgIpc) is 3.07. The molecule has 0 bridgehead atoms. The molecule has 0 aliphatic heterocycles. The van der Waals surface area contributed by atoms with Crippen LogP contribution in [0.1, 0.15) is 21.5 Å². The predicted molar refractivity (Wildman–Crippen MR) is 79.5 cm³/mol. The van der Waals surface area contributed by atoms with E-state index in [1.807, 2.05) is 19.2 Å². The van der Waals surface area contributed by atoms with E-state index in [4.69, 9.17) is 9.52 Å². The molecule has 0 unspecified atom stereocenters. The zero-order valence-electron chi connectivity index (χ0n) is 11.5. The highest BCUT2D eigenvalue weighted by atomic mass is 32.1. The number of hydrogen-bond donors (Lipinski definition) is 1. The van der Waals surface area contributed by atoms with Crippen LogP contribution in [0.4, 0.5) is 0 Å². The molecule has 0 radical (unpaired) electrons. The number of carboxylic acid groups (broad SMARTS) is 1. The molecule has 1 N–H and O–H groups in total. The summed E-state index contributed by atoms with van der Waals surface area (Å²) in [5, 5.41) is 11.5. The number of carboxylic acids is 1. The fraction of sp³-hybridized carbons (Fsp3) is 0.133. The first kappa shape index (κ1) is 13.5. The van der Waals surface area contributed by atoms with Gasteiger partial charge in [-0.2, -0.15) is 0 Å². The van der Waals surface area contributed by atoms with Gasteiger partial charge >= 0.3 is 5.97 Å². The molecule has 21 heavy (non-hydrogen) atoms. The lowest BCUT2D eigenvalue weighted by Crippen LogP contribution is -1.91. The van der Waals surface area contributed by atoms with Crippen LogP contribution in [-0.4, -0.2) is 21.0 Å². The molecule has 3 aromatic heterocycles. The minimum atomic E-state index is -1.02. The highest BCUT2D eigenvalue weighted by molar-refractivity contribution is 7.13. The summed E-state index contributed by atoms with van der Waals surface area (Å²) in [6.45, 7) is 3.99. The van der Waals surface area contributed by atoms with Gasteiger partial charge in [-0.25, -0.2) is 9.78 Å². The summed E-state index contributed by atoms with van der Waals surface area (Å²) >= 11 is 1.45. The number of aryl methyl sites for hydroxylation is 2. The SMILES string of the molecule is Cc1cnc(-c2nc(-c3cc(C(=O)O)co3)cs2)c(C)c1. The average molecular weight is 300 g/mol. The summed E-state index contributed by atoms with van der Waals surface area (Å²) in [7, 11) is 0. The normalized spacial score (nSPS) is 10.8. The molecule has 106 valence electrons. The van der Waals surface area contributed by atoms with Gasteiger partial charge in [0.2, 0.25) is 0 Å². The van der Waals surface area contributed by atoms with Crippen molar-refractivity contribution in [2.75, 3.05) is 0 Å². The monoisotopic (exact) mass is 300 g/mol. The van der Waals surface area contributed by atoms with Crippen molar-refractivity contribution < 1.29 is 14.3 Å². The molecule has 0 aliphatic carbocycles. The Bertz CT molecular complexity index is 820. The quantitative estimate of drug-likeness (QED) is 0.796. The van der Waals surface area contributed by atoms with Gasteiger partial charge in [0, 0.05) is 17.6 Å². The van der Waals surface area contributed by atoms with E-state index in [-0.39, 0.29) is 5.56 Å². The number of hydrogen-bond acceptors (Lipinski definition) is 5. The first-order valence-corrected chi connectivity index (χ1v) is 7.14. The van der Waals surface area contributed by atoms with Gasteiger partial charge in [-0.3, -0.25) is 4.98 Å². The third-order valence-corrected chi connectivity index (χ3v) is 3.87. The molecule has 0 fully saturated rings. The van der Waals surface area contributed by atoms with Crippen LogP contribution in [0.25, 0.3) is 22.2 Å². The fourth-order valence-corrected chi connectivity index (χ4v) is 2.89. The van der Waals surface area contributed by atoms with Crippen molar-refractivity contribution in [1.82, 2.24) is 9.97 Å². The Labute approximate surface area is 124 Å². The van der Waals surface area contributed by atoms with Gasteiger partial charge in [-0.05, 0) is 25.0 Å². The van der Waals surface area contributed by atoms with Crippen LogP contribution < -0.4 is 0 Å². The van der Waals surface area contributed by atoms with Crippen molar-refractivity contribution in [2.45, 2.75) is 13.8 Å². The van der Waals surface area contributed by atoms with Crippen LogP contribution in [0.3, 0.4) is 0 Å². The smallest absolute Gasteiger partial charge is 0.338 e. The summed E-state index contributed by atoms with van der Waals surface area (Å²) in [5.41, 5.74) is 3.72. The van der Waals surface area contributed by atoms with Gasteiger partial charge in [-0.1, -0.05) is 6.07 Å². The maximum atomic E-state index is 10.9. The van der Waals surface area contributed by atoms with Gasteiger partial charge in [0.25, 0.3) is 0 Å². The molecule has 0 spiro atoms. The number of pyridine rings is 1. The Morgan fingerprint density at radius 2 is 2.14 bits per heavy atom. The minimum absolute atomic E-state index is 0.115. The van der Waals surface area contributed by atoms with Gasteiger partial charge in [0.05, 0.1) is 5.56 Å². The van der Waals surface area contributed by atoms with Crippen LogP contribution in [-0.2, 0) is 0 Å². The molecule has 5 nitrogen and oxygen atoms in total. The highest BCUT2D eigenvalue weighted by Gasteiger charge is 2.14. The molecule has 0 saturated carbocycles. The summed E-state index contributed by atoms with van der Waals surface area (Å²) in [6.07, 6.45) is 3.02. The van der Waals surface area contributed by atoms with Crippen molar-refractivity contribution in [3.8, 4) is 22.2 Å². The van der Waals surface area contributed by atoms with E-state index in [1.165, 1.54) is 23.7 Å². The molecule has 0 atom stereocenters. The molecule has 3 aromatic rings. The summed E-state index contributed by atoms with van der Waals surface area (Å²) in [5.74, 6) is -0.573. The number of aromatic carboxylic acids is 1. The Hall–Kier alpha value is -2.47. The summed E-state index contributed by atoms with van der Waals surface area (Å²) in [6, 6.07) is 3.52. The molecular formula is C15H12N2O3S. The van der Waals surface area contributed by atoms with E-state index in [0.717, 1.165) is 21.8 Å².